The van der Waals surface area contributed by atoms with Crippen molar-refractivity contribution in [3.63, 3.8) is 0 Å². The van der Waals surface area contributed by atoms with E-state index in [1.807, 2.05) is 0 Å². The van der Waals surface area contributed by atoms with Gasteiger partial charge in [0.15, 0.2) is 0 Å². The van der Waals surface area contributed by atoms with Crippen LogP contribution in [0.25, 0.3) is 0 Å². The van der Waals surface area contributed by atoms with Gasteiger partial charge in [-0.3, -0.25) is 4.55 Å². The first kappa shape index (κ1) is 15.6. The third kappa shape index (κ3) is 6.23. The third-order valence-electron chi connectivity index (χ3n) is 1.71. The molecule has 0 radical (unpaired) electrons. The zero-order valence-corrected chi connectivity index (χ0v) is 9.20. The fraction of sp³-hybridized carbons (Fsp3) is 1.00. The molecule has 1 rings (SSSR count). The van der Waals surface area contributed by atoms with Crippen LogP contribution in [0.4, 0.5) is 0 Å². The summed E-state index contributed by atoms with van der Waals surface area (Å²) >= 11 is 0. The van der Waals surface area contributed by atoms with Crippen LogP contribution < -0.4 is 11.1 Å². The Morgan fingerprint density at radius 3 is 1.92 bits per heavy atom. The lowest BCUT2D eigenvalue weighted by molar-refractivity contribution is 0.432. The van der Waals surface area contributed by atoms with Crippen LogP contribution in [-0.4, -0.2) is 38.4 Å². The molecular weight excluding hydrogens is 216 g/mol. The first-order chi connectivity index (χ1) is 5.61. The van der Waals surface area contributed by atoms with Crippen molar-refractivity contribution in [2.45, 2.75) is 18.1 Å². The maximum Gasteiger partial charge on any atom is 0.267 e. The van der Waals surface area contributed by atoms with Crippen LogP contribution in [0.15, 0.2) is 0 Å². The van der Waals surface area contributed by atoms with Gasteiger partial charge in [0.2, 0.25) is 0 Å². The highest BCUT2D eigenvalue weighted by Crippen LogP contribution is 2.10. The molecule has 0 aromatic heterocycles. The van der Waals surface area contributed by atoms with Gasteiger partial charge in [-0.05, 0) is 33.0 Å². The van der Waals surface area contributed by atoms with Crippen LogP contribution in [0.3, 0.4) is 0 Å². The van der Waals surface area contributed by atoms with Gasteiger partial charge < -0.3 is 11.1 Å². The van der Waals surface area contributed by atoms with E-state index < -0.39 is 15.4 Å². The van der Waals surface area contributed by atoms with E-state index in [-0.39, 0.29) is 12.4 Å². The molecule has 13 heavy (non-hydrogen) atoms. The van der Waals surface area contributed by atoms with Gasteiger partial charge in [0, 0.05) is 0 Å². The van der Waals surface area contributed by atoms with Gasteiger partial charge in [-0.15, -0.1) is 12.4 Å². The Morgan fingerprint density at radius 2 is 1.69 bits per heavy atom. The van der Waals surface area contributed by atoms with E-state index in [0.29, 0.717) is 25.9 Å². The molecule has 82 valence electrons. The zero-order valence-electron chi connectivity index (χ0n) is 7.56. The average molecular weight is 233 g/mol. The summed E-state index contributed by atoms with van der Waals surface area (Å²) in [6.07, 6.45) is 1.05. The molecule has 0 unspecified atom stereocenters. The molecule has 1 heterocycles. The number of hydrogen-bond acceptors (Lipinski definition) is 4. The van der Waals surface area contributed by atoms with E-state index in [0.717, 1.165) is 0 Å². The highest BCUT2D eigenvalue weighted by Gasteiger charge is 2.24. The van der Waals surface area contributed by atoms with Crippen LogP contribution in [0.5, 0.6) is 0 Å². The smallest absolute Gasteiger partial charge is 0.267 e. The summed E-state index contributed by atoms with van der Waals surface area (Å²) in [5, 5.41) is 2.48. The van der Waals surface area contributed by atoms with Gasteiger partial charge in [0.1, 0.15) is 0 Å². The average Bonchev–Trinajstić information content (AvgIpc) is 2.08. The Balaban J connectivity index is 0. The topological polar surface area (TPSA) is 92.4 Å². The second-order valence-electron chi connectivity index (χ2n) is 2.46. The molecule has 1 saturated heterocycles. The minimum absolute atomic E-state index is 0. The van der Waals surface area contributed by atoms with Crippen molar-refractivity contribution in [2.75, 3.05) is 20.1 Å². The van der Waals surface area contributed by atoms with Gasteiger partial charge in [0.25, 0.3) is 10.1 Å². The lowest BCUT2D eigenvalue weighted by Crippen LogP contribution is -2.35. The molecule has 0 aromatic carbocycles. The van der Waals surface area contributed by atoms with Crippen molar-refractivity contribution < 1.29 is 13.0 Å². The highest BCUT2D eigenvalue weighted by molar-refractivity contribution is 7.86. The van der Waals surface area contributed by atoms with Crippen molar-refractivity contribution >= 4 is 22.5 Å². The molecule has 7 heteroatoms. The summed E-state index contributed by atoms with van der Waals surface area (Å²) in [6, 6.07) is 0. The molecule has 0 spiro atoms. The summed E-state index contributed by atoms with van der Waals surface area (Å²) in [7, 11) is -2.27. The van der Waals surface area contributed by atoms with Crippen LogP contribution in [-0.2, 0) is 10.1 Å². The molecule has 0 bridgehead atoms. The summed E-state index contributed by atoms with van der Waals surface area (Å²) in [6.45, 7) is 1.37. The van der Waals surface area contributed by atoms with E-state index in [2.05, 4.69) is 11.1 Å². The normalized spacial score (nSPS) is 18.1. The van der Waals surface area contributed by atoms with Gasteiger partial charge >= 0.3 is 0 Å². The molecule has 0 amide bonds. The molecule has 0 aliphatic carbocycles. The van der Waals surface area contributed by atoms with E-state index in [1.165, 1.54) is 7.05 Å². The van der Waals surface area contributed by atoms with E-state index >= 15 is 0 Å². The predicted octanol–water partition coefficient (Wildman–Crippen LogP) is -0.377. The molecule has 5 nitrogen and oxygen atoms in total. The highest BCUT2D eigenvalue weighted by atomic mass is 35.5. The van der Waals surface area contributed by atoms with Crippen LogP contribution >= 0.6 is 12.4 Å². The van der Waals surface area contributed by atoms with Crippen molar-refractivity contribution in [1.82, 2.24) is 5.32 Å². The first-order valence-electron chi connectivity index (χ1n) is 3.85. The van der Waals surface area contributed by atoms with E-state index in [1.54, 1.807) is 0 Å². The molecular formula is C6H17ClN2O3S. The van der Waals surface area contributed by atoms with E-state index in [4.69, 9.17) is 4.55 Å². The minimum atomic E-state index is -3.77. The van der Waals surface area contributed by atoms with Crippen molar-refractivity contribution in [1.29, 1.82) is 0 Å². The maximum absolute atomic E-state index is 10.5. The number of rotatable bonds is 1. The van der Waals surface area contributed by atoms with Crippen molar-refractivity contribution in [3.05, 3.63) is 0 Å². The fourth-order valence-corrected chi connectivity index (χ4v) is 1.92. The molecule has 1 aliphatic heterocycles. The second kappa shape index (κ2) is 7.52. The number of piperidine rings is 1. The monoisotopic (exact) mass is 232 g/mol. The Kier molecular flexibility index (Phi) is 9.01. The number of halogens is 1. The number of hydrogen-bond donors (Lipinski definition) is 3. The van der Waals surface area contributed by atoms with Gasteiger partial charge in [-0.1, -0.05) is 0 Å². The Bertz CT molecular complexity index is 202. The molecule has 1 aliphatic rings. The van der Waals surface area contributed by atoms with Gasteiger partial charge in [-0.25, -0.2) is 0 Å². The SMILES string of the molecule is CN.Cl.O=S(=O)(O)C1CCNCC1. The van der Waals surface area contributed by atoms with Crippen molar-refractivity contribution in [3.8, 4) is 0 Å². The first-order valence-corrected chi connectivity index (χ1v) is 5.36. The number of nitrogens with one attached hydrogen (secondary N) is 1. The molecule has 0 atom stereocenters. The van der Waals surface area contributed by atoms with Crippen molar-refractivity contribution in [2.24, 2.45) is 5.73 Å². The van der Waals surface area contributed by atoms with Crippen LogP contribution in [0.1, 0.15) is 12.8 Å². The van der Waals surface area contributed by atoms with Crippen LogP contribution in [0, 0.1) is 0 Å². The summed E-state index contributed by atoms with van der Waals surface area (Å²) < 4.78 is 29.6. The molecule has 1 fully saturated rings. The Labute approximate surface area is 85.2 Å². The number of nitrogens with two attached hydrogens (primary N) is 1. The quantitative estimate of drug-likeness (QED) is 0.536. The maximum atomic E-state index is 10.5. The summed E-state index contributed by atoms with van der Waals surface area (Å²) in [5.74, 6) is 0. The third-order valence-corrected chi connectivity index (χ3v) is 3.02. The standard InChI is InChI=1S/C5H11NO3S.CH5N.ClH/c7-10(8,9)5-1-3-6-4-2-5;1-2;/h5-6H,1-4H2,(H,7,8,9);2H2,1H3;1H. The van der Waals surface area contributed by atoms with Gasteiger partial charge in [-0.2, -0.15) is 8.42 Å². The van der Waals surface area contributed by atoms with Gasteiger partial charge in [0.05, 0.1) is 5.25 Å². The molecule has 0 aromatic rings. The molecule has 4 N–H and O–H groups in total. The Morgan fingerprint density at radius 1 is 1.31 bits per heavy atom. The lowest BCUT2D eigenvalue weighted by atomic mass is 10.2. The van der Waals surface area contributed by atoms with E-state index in [9.17, 15) is 8.42 Å². The lowest BCUT2D eigenvalue weighted by Gasteiger charge is -2.19. The molecule has 0 saturated carbocycles. The summed E-state index contributed by atoms with van der Waals surface area (Å²) in [5.41, 5.74) is 4.50. The zero-order chi connectivity index (χ0) is 9.61. The minimum Gasteiger partial charge on any atom is -0.333 e. The fourth-order valence-electron chi connectivity index (χ4n) is 1.09. The van der Waals surface area contributed by atoms with Crippen LogP contribution in [0.2, 0.25) is 0 Å². The largest absolute Gasteiger partial charge is 0.333 e. The second-order valence-corrected chi connectivity index (χ2v) is 4.16. The Hall–Kier alpha value is 0.120. The predicted molar refractivity (Wildman–Crippen MR) is 54.8 cm³/mol. The summed E-state index contributed by atoms with van der Waals surface area (Å²) in [4.78, 5) is 0.